The SMILES string of the molecule is CC1C=Cc2c(c3cc(C#N)ccc3n2-c2c(C#N)cccc2-c2ccc3oc4c(ccc5c6ccc#cc6oc54)c3c2)C1. The molecule has 0 aliphatic heterocycles. The van der Waals surface area contributed by atoms with Crippen molar-refractivity contribution in [3.05, 3.63) is 119 Å². The first-order chi connectivity index (χ1) is 21.6. The van der Waals surface area contributed by atoms with E-state index in [1.807, 2.05) is 54.6 Å². The summed E-state index contributed by atoms with van der Waals surface area (Å²) in [7, 11) is 0. The molecule has 5 aromatic carbocycles. The normalized spacial score (nSPS) is 14.3. The predicted molar refractivity (Wildman–Crippen MR) is 172 cm³/mol. The zero-order valence-corrected chi connectivity index (χ0v) is 23.6. The van der Waals surface area contributed by atoms with E-state index < -0.39 is 0 Å². The van der Waals surface area contributed by atoms with Gasteiger partial charge in [0.15, 0.2) is 16.7 Å². The molecule has 0 saturated heterocycles. The van der Waals surface area contributed by atoms with E-state index in [2.05, 4.69) is 72.2 Å². The lowest BCUT2D eigenvalue weighted by molar-refractivity contribution is 0.633. The van der Waals surface area contributed by atoms with Gasteiger partial charge in [-0.05, 0) is 96.3 Å². The molecule has 0 amide bonds. The van der Waals surface area contributed by atoms with Crippen LogP contribution in [0.15, 0.2) is 93.8 Å². The fourth-order valence-corrected chi connectivity index (χ4v) is 6.89. The molecule has 1 unspecified atom stereocenters. The topological polar surface area (TPSA) is 78.8 Å². The molecule has 204 valence electrons. The molecule has 3 aromatic heterocycles. The zero-order chi connectivity index (χ0) is 29.5. The van der Waals surface area contributed by atoms with Gasteiger partial charge >= 0.3 is 0 Å². The first-order valence-corrected chi connectivity index (χ1v) is 14.5. The Balaban J connectivity index is 1.32. The molecular formula is C39H21N3O2. The highest BCUT2D eigenvalue weighted by Crippen LogP contribution is 2.42. The Hall–Kier alpha value is -6.22. The molecule has 8 aromatic rings. The fraction of sp³-hybridized carbons (Fsp3) is 0.0769. The minimum absolute atomic E-state index is 0.379. The van der Waals surface area contributed by atoms with Gasteiger partial charge in [-0.1, -0.05) is 37.3 Å². The molecule has 9 rings (SSSR count). The second-order valence-corrected chi connectivity index (χ2v) is 11.5. The molecule has 5 heteroatoms. The predicted octanol–water partition coefficient (Wildman–Crippen LogP) is 9.65. The van der Waals surface area contributed by atoms with E-state index in [0.29, 0.717) is 33.8 Å². The number of rotatable bonds is 2. The van der Waals surface area contributed by atoms with Gasteiger partial charge in [-0.2, -0.15) is 10.5 Å². The summed E-state index contributed by atoms with van der Waals surface area (Å²) in [5, 5.41) is 25.0. The maximum Gasteiger partial charge on any atom is 0.185 e. The van der Waals surface area contributed by atoms with Crippen LogP contribution in [-0.2, 0) is 6.42 Å². The summed E-state index contributed by atoms with van der Waals surface area (Å²) in [5.74, 6) is 0.379. The van der Waals surface area contributed by atoms with Gasteiger partial charge in [0, 0.05) is 38.2 Å². The van der Waals surface area contributed by atoms with Crippen molar-refractivity contribution in [2.75, 3.05) is 0 Å². The highest BCUT2D eigenvalue weighted by atomic mass is 16.4. The van der Waals surface area contributed by atoms with E-state index in [1.165, 1.54) is 5.56 Å². The van der Waals surface area contributed by atoms with Gasteiger partial charge in [-0.3, -0.25) is 0 Å². The average molecular weight is 564 g/mol. The van der Waals surface area contributed by atoms with Crippen LogP contribution in [0.5, 0.6) is 0 Å². The lowest BCUT2D eigenvalue weighted by Gasteiger charge is -2.19. The molecule has 0 N–H and O–H groups in total. The van der Waals surface area contributed by atoms with Crippen LogP contribution in [0.1, 0.15) is 29.3 Å². The molecule has 0 radical (unpaired) electrons. The van der Waals surface area contributed by atoms with Crippen molar-refractivity contribution < 1.29 is 8.83 Å². The smallest absolute Gasteiger partial charge is 0.185 e. The third-order valence-corrected chi connectivity index (χ3v) is 8.89. The van der Waals surface area contributed by atoms with Gasteiger partial charge in [0.25, 0.3) is 0 Å². The molecule has 0 saturated carbocycles. The van der Waals surface area contributed by atoms with E-state index >= 15 is 0 Å². The third-order valence-electron chi connectivity index (χ3n) is 8.89. The van der Waals surface area contributed by atoms with Crippen LogP contribution in [-0.4, -0.2) is 4.57 Å². The van der Waals surface area contributed by atoms with Crippen molar-refractivity contribution in [1.29, 1.82) is 10.5 Å². The standard InChI is InChI=1S/C39H21N3O2/c1-22-9-14-33-30(17-22)31-18-23(20-40)10-15-34(31)42(33)37-25(21-41)5-4-7-26(37)24-11-16-36-32(19-24)29-13-12-28-27-6-2-3-8-35(27)43-38(28)39(29)44-36/h2,4-7,9-16,18-19,22H,17H2,1H3. The number of nitriles is 2. The van der Waals surface area contributed by atoms with Crippen LogP contribution in [0.4, 0.5) is 0 Å². The lowest BCUT2D eigenvalue weighted by atomic mass is 9.93. The second-order valence-electron chi connectivity index (χ2n) is 11.5. The van der Waals surface area contributed by atoms with Crippen molar-refractivity contribution >= 4 is 60.9 Å². The zero-order valence-electron chi connectivity index (χ0n) is 23.6. The summed E-state index contributed by atoms with van der Waals surface area (Å²) in [6.45, 7) is 2.20. The monoisotopic (exact) mass is 563 g/mol. The molecular weight excluding hydrogens is 542 g/mol. The van der Waals surface area contributed by atoms with E-state index in [-0.39, 0.29) is 0 Å². The molecule has 5 nitrogen and oxygen atoms in total. The summed E-state index contributed by atoms with van der Waals surface area (Å²) < 4.78 is 14.8. The van der Waals surface area contributed by atoms with Crippen molar-refractivity contribution in [1.82, 2.24) is 4.57 Å². The van der Waals surface area contributed by atoms with Crippen LogP contribution < -0.4 is 0 Å². The number of benzene rings is 4. The van der Waals surface area contributed by atoms with Gasteiger partial charge in [0.05, 0.1) is 28.4 Å². The fourth-order valence-electron chi connectivity index (χ4n) is 6.89. The number of aromatic nitrogens is 1. The Morgan fingerprint density at radius 2 is 1.70 bits per heavy atom. The van der Waals surface area contributed by atoms with Gasteiger partial charge in [-0.15, -0.1) is 0 Å². The van der Waals surface area contributed by atoms with Gasteiger partial charge in [0.1, 0.15) is 11.7 Å². The molecule has 0 bridgehead atoms. The first kappa shape index (κ1) is 24.4. The van der Waals surface area contributed by atoms with E-state index in [1.54, 1.807) is 0 Å². The number of hydrogen-bond acceptors (Lipinski definition) is 4. The second kappa shape index (κ2) is 8.89. The van der Waals surface area contributed by atoms with E-state index in [4.69, 9.17) is 8.83 Å². The van der Waals surface area contributed by atoms with Crippen LogP contribution in [0, 0.1) is 40.7 Å². The Labute approximate surface area is 252 Å². The minimum atomic E-state index is 0.379. The van der Waals surface area contributed by atoms with Crippen LogP contribution in [0.25, 0.3) is 77.7 Å². The number of para-hydroxylation sites is 1. The number of hydrogen-bond donors (Lipinski definition) is 0. The Morgan fingerprint density at radius 3 is 2.57 bits per heavy atom. The van der Waals surface area contributed by atoms with Crippen molar-refractivity contribution in [3.8, 4) is 29.0 Å². The van der Waals surface area contributed by atoms with Gasteiger partial charge in [-0.25, -0.2) is 0 Å². The minimum Gasteiger partial charge on any atom is -0.452 e. The molecule has 0 spiro atoms. The van der Waals surface area contributed by atoms with Crippen LogP contribution in [0.2, 0.25) is 0 Å². The Morgan fingerprint density at radius 1 is 0.841 bits per heavy atom. The summed E-state index contributed by atoms with van der Waals surface area (Å²) in [5.41, 5.74) is 9.97. The summed E-state index contributed by atoms with van der Waals surface area (Å²) in [4.78, 5) is 0. The summed E-state index contributed by atoms with van der Waals surface area (Å²) in [6, 6.07) is 36.6. The Bertz CT molecular complexity index is 2630. The molecule has 44 heavy (non-hydrogen) atoms. The lowest BCUT2D eigenvalue weighted by Crippen LogP contribution is -2.07. The van der Waals surface area contributed by atoms with Crippen LogP contribution in [0.3, 0.4) is 0 Å². The quantitative estimate of drug-likeness (QED) is 0.210. The van der Waals surface area contributed by atoms with Crippen LogP contribution >= 0.6 is 0 Å². The Kier molecular flexibility index (Phi) is 4.93. The summed E-state index contributed by atoms with van der Waals surface area (Å²) >= 11 is 0. The van der Waals surface area contributed by atoms with Gasteiger partial charge in [0.2, 0.25) is 0 Å². The maximum atomic E-state index is 10.4. The maximum absolute atomic E-state index is 10.4. The molecule has 0 fully saturated rings. The number of furan rings is 2. The molecule has 3 heterocycles. The highest BCUT2D eigenvalue weighted by molar-refractivity contribution is 6.19. The first-order valence-electron chi connectivity index (χ1n) is 14.5. The largest absolute Gasteiger partial charge is 0.452 e. The highest BCUT2D eigenvalue weighted by Gasteiger charge is 2.25. The van der Waals surface area contributed by atoms with Crippen molar-refractivity contribution in [2.45, 2.75) is 13.3 Å². The van der Waals surface area contributed by atoms with Crippen molar-refractivity contribution in [2.24, 2.45) is 5.92 Å². The molecule has 1 aliphatic rings. The third kappa shape index (κ3) is 3.29. The van der Waals surface area contributed by atoms with Gasteiger partial charge < -0.3 is 13.4 Å². The summed E-state index contributed by atoms with van der Waals surface area (Å²) in [6.07, 6.45) is 5.25. The number of nitrogens with zero attached hydrogens (tertiary/aromatic N) is 3. The number of allylic oxidation sites excluding steroid dienone is 1. The van der Waals surface area contributed by atoms with Crippen molar-refractivity contribution in [3.63, 3.8) is 0 Å². The molecule has 1 aliphatic carbocycles. The van der Waals surface area contributed by atoms with E-state index in [9.17, 15) is 10.5 Å². The molecule has 1 atom stereocenters. The van der Waals surface area contributed by atoms with E-state index in [0.717, 1.165) is 67.0 Å². The number of fused-ring (bicyclic) bond motifs is 10. The average Bonchev–Trinajstić information content (AvgIpc) is 3.73.